The summed E-state index contributed by atoms with van der Waals surface area (Å²) in [4.78, 5) is 29.2. The van der Waals surface area contributed by atoms with E-state index in [1.54, 1.807) is 18.4 Å². The fourth-order valence-corrected chi connectivity index (χ4v) is 3.55. The number of hydrogen-bond acceptors (Lipinski definition) is 3. The van der Waals surface area contributed by atoms with E-state index in [9.17, 15) is 14.0 Å². The smallest absolute Gasteiger partial charge is 0.251 e. The van der Waals surface area contributed by atoms with Crippen molar-refractivity contribution >= 4 is 16.8 Å². The third-order valence-electron chi connectivity index (χ3n) is 4.98. The minimum atomic E-state index is -0.392. The summed E-state index contributed by atoms with van der Waals surface area (Å²) in [5.41, 5.74) is 0.732. The Morgan fingerprint density at radius 1 is 1.31 bits per heavy atom. The summed E-state index contributed by atoms with van der Waals surface area (Å²) in [6.45, 7) is 1.36. The Hall–Kier alpha value is -2.89. The van der Waals surface area contributed by atoms with E-state index < -0.39 is 5.82 Å². The van der Waals surface area contributed by atoms with Gasteiger partial charge in [-0.3, -0.25) is 9.59 Å². The fourth-order valence-electron chi connectivity index (χ4n) is 3.55. The van der Waals surface area contributed by atoms with Crippen LogP contribution in [0, 0.1) is 5.82 Å². The summed E-state index contributed by atoms with van der Waals surface area (Å²) in [7, 11) is 0. The lowest BCUT2D eigenvalue weighted by Crippen LogP contribution is -2.29. The number of likely N-dealkylation sites (tertiary alicyclic amines) is 1. The molecule has 0 aliphatic carbocycles. The second-order valence-corrected chi connectivity index (χ2v) is 6.70. The van der Waals surface area contributed by atoms with Crippen molar-refractivity contribution in [2.75, 3.05) is 13.1 Å². The van der Waals surface area contributed by atoms with Crippen LogP contribution in [0.3, 0.4) is 0 Å². The van der Waals surface area contributed by atoms with Gasteiger partial charge in [-0.1, -0.05) is 0 Å². The highest BCUT2D eigenvalue weighted by atomic mass is 19.1. The van der Waals surface area contributed by atoms with E-state index in [4.69, 9.17) is 4.42 Å². The first kappa shape index (κ1) is 16.6. The van der Waals surface area contributed by atoms with Crippen molar-refractivity contribution in [2.45, 2.75) is 25.2 Å². The first-order valence-corrected chi connectivity index (χ1v) is 8.73. The SMILES string of the molecule is O=C(CCc1cc2ccc(F)cc2[nH]c1=O)N1CCC(c2ccco2)C1. The van der Waals surface area contributed by atoms with E-state index in [1.807, 2.05) is 17.0 Å². The molecule has 1 aromatic carbocycles. The normalized spacial score (nSPS) is 17.1. The molecule has 0 radical (unpaired) electrons. The number of amides is 1. The van der Waals surface area contributed by atoms with Crippen LogP contribution in [-0.2, 0) is 11.2 Å². The number of H-pyrrole nitrogens is 1. The van der Waals surface area contributed by atoms with E-state index in [1.165, 1.54) is 12.1 Å². The Morgan fingerprint density at radius 2 is 2.19 bits per heavy atom. The number of furan rings is 1. The van der Waals surface area contributed by atoms with E-state index in [0.29, 0.717) is 30.6 Å². The summed E-state index contributed by atoms with van der Waals surface area (Å²) in [6, 6.07) is 9.81. The first-order chi connectivity index (χ1) is 12.6. The lowest BCUT2D eigenvalue weighted by atomic mass is 10.1. The maximum Gasteiger partial charge on any atom is 0.251 e. The largest absolute Gasteiger partial charge is 0.469 e. The van der Waals surface area contributed by atoms with Crippen molar-refractivity contribution in [2.24, 2.45) is 0 Å². The van der Waals surface area contributed by atoms with Gasteiger partial charge < -0.3 is 14.3 Å². The van der Waals surface area contributed by atoms with Gasteiger partial charge in [0.05, 0.1) is 11.8 Å². The Balaban J connectivity index is 1.42. The number of aryl methyl sites for hydroxylation is 1. The number of nitrogens with one attached hydrogen (secondary N) is 1. The summed E-state index contributed by atoms with van der Waals surface area (Å²) in [6.07, 6.45) is 3.18. The molecule has 0 bridgehead atoms. The number of rotatable bonds is 4. The van der Waals surface area contributed by atoms with E-state index >= 15 is 0 Å². The quantitative estimate of drug-likeness (QED) is 0.782. The van der Waals surface area contributed by atoms with Crippen LogP contribution in [0.15, 0.2) is 51.9 Å². The molecule has 134 valence electrons. The number of fused-ring (bicyclic) bond motifs is 1. The lowest BCUT2D eigenvalue weighted by molar-refractivity contribution is -0.130. The maximum absolute atomic E-state index is 13.3. The van der Waals surface area contributed by atoms with Gasteiger partial charge in [0, 0.05) is 31.0 Å². The van der Waals surface area contributed by atoms with Crippen LogP contribution < -0.4 is 5.56 Å². The van der Waals surface area contributed by atoms with Crippen LogP contribution in [-0.4, -0.2) is 28.9 Å². The number of carbonyl (C=O) groups excluding carboxylic acids is 1. The van der Waals surface area contributed by atoms with E-state index in [-0.39, 0.29) is 23.8 Å². The maximum atomic E-state index is 13.3. The number of carbonyl (C=O) groups is 1. The van der Waals surface area contributed by atoms with Crippen LogP contribution in [0.4, 0.5) is 4.39 Å². The predicted octanol–water partition coefficient (Wildman–Crippen LogP) is 3.21. The number of benzene rings is 1. The molecule has 4 rings (SSSR count). The van der Waals surface area contributed by atoms with Crippen molar-refractivity contribution in [3.8, 4) is 0 Å². The minimum Gasteiger partial charge on any atom is -0.469 e. The third kappa shape index (κ3) is 3.27. The van der Waals surface area contributed by atoms with Crippen LogP contribution in [0.25, 0.3) is 10.9 Å². The zero-order valence-corrected chi connectivity index (χ0v) is 14.2. The van der Waals surface area contributed by atoms with E-state index in [0.717, 1.165) is 17.6 Å². The molecule has 3 aromatic rings. The van der Waals surface area contributed by atoms with Crippen LogP contribution >= 0.6 is 0 Å². The van der Waals surface area contributed by atoms with Gasteiger partial charge in [-0.05, 0) is 54.6 Å². The Bertz CT molecular complexity index is 994. The van der Waals surface area contributed by atoms with Crippen molar-refractivity contribution in [3.05, 3.63) is 70.2 Å². The van der Waals surface area contributed by atoms with Crippen molar-refractivity contribution < 1.29 is 13.6 Å². The third-order valence-corrected chi connectivity index (χ3v) is 4.98. The minimum absolute atomic E-state index is 0.0395. The van der Waals surface area contributed by atoms with Crippen LogP contribution in [0.5, 0.6) is 0 Å². The summed E-state index contributed by atoms with van der Waals surface area (Å²) in [5, 5.41) is 0.757. The van der Waals surface area contributed by atoms with Gasteiger partial charge in [0.1, 0.15) is 11.6 Å². The molecule has 1 saturated heterocycles. The summed E-state index contributed by atoms with van der Waals surface area (Å²) >= 11 is 0. The molecule has 1 unspecified atom stereocenters. The topological polar surface area (TPSA) is 66.3 Å². The van der Waals surface area contributed by atoms with Gasteiger partial charge >= 0.3 is 0 Å². The summed E-state index contributed by atoms with van der Waals surface area (Å²) < 4.78 is 18.7. The van der Waals surface area contributed by atoms with Gasteiger partial charge in [0.15, 0.2) is 0 Å². The molecule has 5 nitrogen and oxygen atoms in total. The van der Waals surface area contributed by atoms with Crippen LogP contribution in [0.2, 0.25) is 0 Å². The highest BCUT2D eigenvalue weighted by Gasteiger charge is 2.28. The second kappa shape index (κ2) is 6.78. The molecule has 0 spiro atoms. The molecular weight excluding hydrogens is 335 g/mol. The molecule has 2 aromatic heterocycles. The average Bonchev–Trinajstić information content (AvgIpc) is 3.30. The Labute approximate surface area is 149 Å². The average molecular weight is 354 g/mol. The molecule has 1 atom stereocenters. The molecule has 1 N–H and O–H groups in total. The highest BCUT2D eigenvalue weighted by molar-refractivity contribution is 5.80. The number of nitrogens with zero attached hydrogens (tertiary/aromatic N) is 1. The van der Waals surface area contributed by atoms with Gasteiger partial charge in [0.2, 0.25) is 5.91 Å². The van der Waals surface area contributed by atoms with Gasteiger partial charge in [-0.15, -0.1) is 0 Å². The monoisotopic (exact) mass is 354 g/mol. The first-order valence-electron chi connectivity index (χ1n) is 8.73. The molecule has 26 heavy (non-hydrogen) atoms. The Kier molecular flexibility index (Phi) is 4.32. The van der Waals surface area contributed by atoms with Gasteiger partial charge in [-0.2, -0.15) is 0 Å². The molecule has 1 aliphatic heterocycles. The highest BCUT2D eigenvalue weighted by Crippen LogP contribution is 2.27. The van der Waals surface area contributed by atoms with Gasteiger partial charge in [0.25, 0.3) is 5.56 Å². The number of halogens is 1. The fraction of sp³-hybridized carbons (Fsp3) is 0.300. The molecule has 0 saturated carbocycles. The molecule has 1 fully saturated rings. The van der Waals surface area contributed by atoms with Crippen molar-refractivity contribution in [1.29, 1.82) is 0 Å². The lowest BCUT2D eigenvalue weighted by Gasteiger charge is -2.16. The predicted molar refractivity (Wildman–Crippen MR) is 95.5 cm³/mol. The number of pyridine rings is 1. The molecule has 3 heterocycles. The molecule has 1 amide bonds. The number of aromatic amines is 1. The van der Waals surface area contributed by atoms with Gasteiger partial charge in [-0.25, -0.2) is 4.39 Å². The van der Waals surface area contributed by atoms with E-state index in [2.05, 4.69) is 4.98 Å². The standard InChI is InChI=1S/C20H19FN2O3/c21-16-5-3-13-10-14(20(25)22-17(13)11-16)4-6-19(24)23-8-7-15(12-23)18-2-1-9-26-18/h1-3,5,9-11,15H,4,6-8,12H2,(H,22,25). The zero-order chi connectivity index (χ0) is 18.1. The molecular formula is C20H19FN2O3. The number of hydrogen-bond donors (Lipinski definition) is 1. The van der Waals surface area contributed by atoms with Crippen molar-refractivity contribution in [3.63, 3.8) is 0 Å². The summed E-state index contributed by atoms with van der Waals surface area (Å²) in [5.74, 6) is 0.806. The Morgan fingerprint density at radius 3 is 3.00 bits per heavy atom. The molecule has 1 aliphatic rings. The second-order valence-electron chi connectivity index (χ2n) is 6.70. The van der Waals surface area contributed by atoms with Crippen LogP contribution in [0.1, 0.15) is 30.1 Å². The zero-order valence-electron chi connectivity index (χ0n) is 14.2. The van der Waals surface area contributed by atoms with Crippen molar-refractivity contribution in [1.82, 2.24) is 9.88 Å². The molecule has 6 heteroatoms. The number of aromatic nitrogens is 1.